The SMILES string of the molecule is C[C@@H](Cc1cccs1)NC(=O)c1cnc(C(C)(C)C)nc1. The summed E-state index contributed by atoms with van der Waals surface area (Å²) in [4.78, 5) is 22.0. The number of carbonyl (C=O) groups excluding carboxylic acids is 1. The first-order chi connectivity index (χ1) is 9.86. The number of nitrogens with one attached hydrogen (secondary N) is 1. The number of nitrogens with zero attached hydrogens (tertiary/aromatic N) is 2. The van der Waals surface area contributed by atoms with Crippen LogP contribution in [-0.2, 0) is 11.8 Å². The predicted octanol–water partition coefficient (Wildman–Crippen LogP) is 3.20. The molecule has 0 bridgehead atoms. The molecule has 0 saturated carbocycles. The molecule has 2 heterocycles. The van der Waals surface area contributed by atoms with Crippen molar-refractivity contribution in [3.8, 4) is 0 Å². The van der Waals surface area contributed by atoms with Gasteiger partial charge in [0.25, 0.3) is 5.91 Å². The standard InChI is InChI=1S/C16H21N3OS/c1-11(8-13-6-5-7-21-13)19-14(20)12-9-17-15(18-10-12)16(2,3)4/h5-7,9-11H,8H2,1-4H3,(H,19,20)/t11-/m0/s1. The lowest BCUT2D eigenvalue weighted by molar-refractivity contribution is 0.0939. The predicted molar refractivity (Wildman–Crippen MR) is 85.7 cm³/mol. The molecule has 0 aliphatic rings. The minimum absolute atomic E-state index is 0.0819. The molecule has 2 aromatic rings. The Morgan fingerprint density at radius 1 is 1.33 bits per heavy atom. The Morgan fingerprint density at radius 3 is 2.52 bits per heavy atom. The first-order valence-corrected chi connectivity index (χ1v) is 7.90. The van der Waals surface area contributed by atoms with Gasteiger partial charge in [0.15, 0.2) is 0 Å². The first kappa shape index (κ1) is 15.6. The van der Waals surface area contributed by atoms with Crippen LogP contribution >= 0.6 is 11.3 Å². The summed E-state index contributed by atoms with van der Waals surface area (Å²) in [6.07, 6.45) is 4.03. The molecule has 2 rings (SSSR count). The fourth-order valence-corrected chi connectivity index (χ4v) is 2.76. The van der Waals surface area contributed by atoms with Crippen molar-refractivity contribution in [1.82, 2.24) is 15.3 Å². The van der Waals surface area contributed by atoms with Gasteiger partial charge >= 0.3 is 0 Å². The maximum atomic E-state index is 12.2. The van der Waals surface area contributed by atoms with Crippen molar-refractivity contribution in [2.24, 2.45) is 0 Å². The molecule has 5 heteroatoms. The van der Waals surface area contributed by atoms with Crippen LogP contribution in [0.15, 0.2) is 29.9 Å². The van der Waals surface area contributed by atoms with Gasteiger partial charge < -0.3 is 5.32 Å². The van der Waals surface area contributed by atoms with Gasteiger partial charge in [0, 0.05) is 35.1 Å². The van der Waals surface area contributed by atoms with Crippen LogP contribution in [0, 0.1) is 0 Å². The summed E-state index contributed by atoms with van der Waals surface area (Å²) in [5.41, 5.74) is 0.391. The molecule has 2 aromatic heterocycles. The van der Waals surface area contributed by atoms with Gasteiger partial charge in [0.05, 0.1) is 5.56 Å². The fraction of sp³-hybridized carbons (Fsp3) is 0.438. The second-order valence-electron chi connectivity index (χ2n) is 6.20. The molecular weight excluding hydrogens is 282 g/mol. The summed E-state index contributed by atoms with van der Waals surface area (Å²) in [5, 5.41) is 5.02. The number of aromatic nitrogens is 2. The molecule has 0 spiro atoms. The van der Waals surface area contributed by atoms with Crippen LogP contribution in [-0.4, -0.2) is 21.9 Å². The van der Waals surface area contributed by atoms with E-state index in [1.54, 1.807) is 23.7 Å². The van der Waals surface area contributed by atoms with Crippen molar-refractivity contribution in [1.29, 1.82) is 0 Å². The van der Waals surface area contributed by atoms with Crippen LogP contribution in [0.25, 0.3) is 0 Å². The molecule has 112 valence electrons. The first-order valence-electron chi connectivity index (χ1n) is 7.02. The molecule has 0 aliphatic carbocycles. The highest BCUT2D eigenvalue weighted by Gasteiger charge is 2.18. The zero-order valence-electron chi connectivity index (χ0n) is 12.9. The molecule has 0 fully saturated rings. The normalized spacial score (nSPS) is 13.0. The summed E-state index contributed by atoms with van der Waals surface area (Å²) >= 11 is 1.70. The summed E-state index contributed by atoms with van der Waals surface area (Å²) in [7, 11) is 0. The summed E-state index contributed by atoms with van der Waals surface area (Å²) in [6, 6.07) is 4.18. The Morgan fingerprint density at radius 2 is 2.00 bits per heavy atom. The van der Waals surface area contributed by atoms with Crippen LogP contribution in [0.3, 0.4) is 0 Å². The largest absolute Gasteiger partial charge is 0.349 e. The Labute approximate surface area is 129 Å². The Balaban J connectivity index is 1.97. The molecule has 4 nitrogen and oxygen atoms in total. The van der Waals surface area contributed by atoms with E-state index < -0.39 is 0 Å². The van der Waals surface area contributed by atoms with Crippen LogP contribution in [0.1, 0.15) is 48.8 Å². The van der Waals surface area contributed by atoms with Gasteiger partial charge in [-0.2, -0.15) is 0 Å². The van der Waals surface area contributed by atoms with E-state index in [0.29, 0.717) is 5.56 Å². The van der Waals surface area contributed by atoms with E-state index in [9.17, 15) is 4.79 Å². The zero-order chi connectivity index (χ0) is 15.5. The van der Waals surface area contributed by atoms with Crippen molar-refractivity contribution in [3.05, 3.63) is 46.2 Å². The average molecular weight is 303 g/mol. The number of thiophene rings is 1. The molecule has 0 aliphatic heterocycles. The number of hydrogen-bond donors (Lipinski definition) is 1. The third kappa shape index (κ3) is 4.36. The van der Waals surface area contributed by atoms with Crippen LogP contribution in [0.5, 0.6) is 0 Å². The fourth-order valence-electron chi connectivity index (χ4n) is 1.92. The van der Waals surface area contributed by atoms with Crippen molar-refractivity contribution in [2.45, 2.75) is 45.6 Å². The quantitative estimate of drug-likeness (QED) is 0.943. The van der Waals surface area contributed by atoms with Crippen molar-refractivity contribution < 1.29 is 4.79 Å². The van der Waals surface area contributed by atoms with E-state index in [-0.39, 0.29) is 17.4 Å². The summed E-state index contributed by atoms with van der Waals surface area (Å²) in [6.45, 7) is 8.14. The number of amides is 1. The highest BCUT2D eigenvalue weighted by atomic mass is 32.1. The molecular formula is C16H21N3OS. The van der Waals surface area contributed by atoms with E-state index in [2.05, 4.69) is 21.4 Å². The van der Waals surface area contributed by atoms with Crippen LogP contribution < -0.4 is 5.32 Å². The number of carbonyl (C=O) groups is 1. The third-order valence-corrected chi connectivity index (χ3v) is 3.95. The van der Waals surface area contributed by atoms with E-state index in [4.69, 9.17) is 0 Å². The van der Waals surface area contributed by atoms with E-state index >= 15 is 0 Å². The molecule has 0 radical (unpaired) electrons. The third-order valence-electron chi connectivity index (χ3n) is 3.05. The van der Waals surface area contributed by atoms with E-state index in [0.717, 1.165) is 12.2 Å². The Hall–Kier alpha value is -1.75. The monoisotopic (exact) mass is 303 g/mol. The topological polar surface area (TPSA) is 54.9 Å². The van der Waals surface area contributed by atoms with Gasteiger partial charge in [-0.25, -0.2) is 9.97 Å². The zero-order valence-corrected chi connectivity index (χ0v) is 13.7. The van der Waals surface area contributed by atoms with Crippen molar-refractivity contribution in [3.63, 3.8) is 0 Å². The average Bonchev–Trinajstić information content (AvgIpc) is 2.90. The Kier molecular flexibility index (Phi) is 4.73. The summed E-state index contributed by atoms with van der Waals surface area (Å²) < 4.78 is 0. The van der Waals surface area contributed by atoms with Gasteiger partial charge in [-0.3, -0.25) is 4.79 Å². The van der Waals surface area contributed by atoms with Crippen LogP contribution in [0.4, 0.5) is 0 Å². The van der Waals surface area contributed by atoms with Gasteiger partial charge in [-0.15, -0.1) is 11.3 Å². The molecule has 1 amide bonds. The maximum absolute atomic E-state index is 12.2. The maximum Gasteiger partial charge on any atom is 0.254 e. The highest BCUT2D eigenvalue weighted by molar-refractivity contribution is 7.09. The molecule has 0 unspecified atom stereocenters. The lowest BCUT2D eigenvalue weighted by Crippen LogP contribution is -2.34. The Bertz CT molecular complexity index is 585. The molecule has 1 N–H and O–H groups in total. The minimum Gasteiger partial charge on any atom is -0.349 e. The van der Waals surface area contributed by atoms with Crippen molar-refractivity contribution >= 4 is 17.2 Å². The van der Waals surface area contributed by atoms with Crippen LogP contribution in [0.2, 0.25) is 0 Å². The number of hydrogen-bond acceptors (Lipinski definition) is 4. The second-order valence-corrected chi connectivity index (χ2v) is 7.24. The molecule has 0 saturated heterocycles. The number of rotatable bonds is 4. The second kappa shape index (κ2) is 6.35. The van der Waals surface area contributed by atoms with Crippen molar-refractivity contribution in [2.75, 3.05) is 0 Å². The lowest BCUT2D eigenvalue weighted by atomic mass is 9.96. The van der Waals surface area contributed by atoms with E-state index in [1.165, 1.54) is 4.88 Å². The molecule has 21 heavy (non-hydrogen) atoms. The van der Waals surface area contributed by atoms with Gasteiger partial charge in [0.1, 0.15) is 5.82 Å². The van der Waals surface area contributed by atoms with Gasteiger partial charge in [-0.05, 0) is 18.4 Å². The van der Waals surface area contributed by atoms with Gasteiger partial charge in [-0.1, -0.05) is 26.8 Å². The van der Waals surface area contributed by atoms with Gasteiger partial charge in [0.2, 0.25) is 0 Å². The smallest absolute Gasteiger partial charge is 0.254 e. The highest BCUT2D eigenvalue weighted by Crippen LogP contribution is 2.17. The molecule has 1 atom stereocenters. The summed E-state index contributed by atoms with van der Waals surface area (Å²) in [5.74, 6) is 0.616. The lowest BCUT2D eigenvalue weighted by Gasteiger charge is -2.16. The molecule has 0 aromatic carbocycles. The van der Waals surface area contributed by atoms with E-state index in [1.807, 2.05) is 39.1 Å². The minimum atomic E-state index is -0.125.